The van der Waals surface area contributed by atoms with E-state index in [1.165, 1.54) is 0 Å². The monoisotopic (exact) mass is 234 g/mol. The summed E-state index contributed by atoms with van der Waals surface area (Å²) in [6.45, 7) is 4.51. The van der Waals surface area contributed by atoms with E-state index in [0.29, 0.717) is 17.8 Å². The van der Waals surface area contributed by atoms with E-state index in [0.717, 1.165) is 12.0 Å². The SMILES string of the molecule is CCCNC(=O)Nc1cc(C(=N)N)ccc1C. The van der Waals surface area contributed by atoms with Crippen LogP contribution in [0, 0.1) is 12.3 Å². The summed E-state index contributed by atoms with van der Waals surface area (Å²) in [6, 6.07) is 5.04. The van der Waals surface area contributed by atoms with Gasteiger partial charge in [0.05, 0.1) is 0 Å². The molecule has 0 fully saturated rings. The topological polar surface area (TPSA) is 91.0 Å². The second-order valence-electron chi connectivity index (χ2n) is 3.82. The first kappa shape index (κ1) is 13.0. The highest BCUT2D eigenvalue weighted by molar-refractivity contribution is 5.97. The number of hydrogen-bond donors (Lipinski definition) is 4. The van der Waals surface area contributed by atoms with Gasteiger partial charge in [-0.15, -0.1) is 0 Å². The van der Waals surface area contributed by atoms with Gasteiger partial charge in [-0.05, 0) is 25.0 Å². The summed E-state index contributed by atoms with van der Waals surface area (Å²) in [5.74, 6) is -0.0120. The van der Waals surface area contributed by atoms with E-state index in [-0.39, 0.29) is 11.9 Å². The van der Waals surface area contributed by atoms with Crippen LogP contribution in [0.4, 0.5) is 10.5 Å². The van der Waals surface area contributed by atoms with Crippen LogP contribution in [0.25, 0.3) is 0 Å². The summed E-state index contributed by atoms with van der Waals surface area (Å²) in [7, 11) is 0. The van der Waals surface area contributed by atoms with Gasteiger partial charge in [-0.2, -0.15) is 0 Å². The second kappa shape index (κ2) is 5.89. The maximum atomic E-state index is 11.5. The molecule has 0 aliphatic heterocycles. The summed E-state index contributed by atoms with van der Waals surface area (Å²) in [5.41, 5.74) is 7.60. The van der Waals surface area contributed by atoms with E-state index < -0.39 is 0 Å². The Labute approximate surface area is 101 Å². The van der Waals surface area contributed by atoms with Crippen LogP contribution in [0.5, 0.6) is 0 Å². The lowest BCUT2D eigenvalue weighted by Gasteiger charge is -2.10. The fraction of sp³-hybridized carbons (Fsp3) is 0.333. The smallest absolute Gasteiger partial charge is 0.319 e. The first-order valence-corrected chi connectivity index (χ1v) is 5.54. The van der Waals surface area contributed by atoms with E-state index in [2.05, 4.69) is 10.6 Å². The standard InChI is InChI=1S/C12H18N4O/c1-3-6-15-12(17)16-10-7-9(11(13)14)5-4-8(10)2/h4-5,7H,3,6H2,1-2H3,(H3,13,14)(H2,15,16,17). The van der Waals surface area contributed by atoms with Crippen molar-refractivity contribution < 1.29 is 4.79 Å². The molecule has 0 unspecified atom stereocenters. The Morgan fingerprint density at radius 3 is 2.76 bits per heavy atom. The van der Waals surface area contributed by atoms with Gasteiger partial charge in [0.1, 0.15) is 5.84 Å². The summed E-state index contributed by atoms with van der Waals surface area (Å²) in [4.78, 5) is 11.5. The van der Waals surface area contributed by atoms with E-state index in [1.807, 2.05) is 19.9 Å². The lowest BCUT2D eigenvalue weighted by atomic mass is 10.1. The number of anilines is 1. The molecule has 0 aromatic heterocycles. The number of hydrogen-bond acceptors (Lipinski definition) is 2. The lowest BCUT2D eigenvalue weighted by molar-refractivity contribution is 0.252. The molecule has 0 saturated carbocycles. The van der Waals surface area contributed by atoms with E-state index >= 15 is 0 Å². The van der Waals surface area contributed by atoms with Gasteiger partial charge in [0.25, 0.3) is 0 Å². The summed E-state index contributed by atoms with van der Waals surface area (Å²) in [5, 5.41) is 12.8. The van der Waals surface area contributed by atoms with Crippen molar-refractivity contribution in [2.24, 2.45) is 5.73 Å². The Hall–Kier alpha value is -2.04. The number of benzene rings is 1. The van der Waals surface area contributed by atoms with Crippen LogP contribution < -0.4 is 16.4 Å². The quantitative estimate of drug-likeness (QED) is 0.472. The molecule has 1 aromatic carbocycles. The zero-order chi connectivity index (χ0) is 12.8. The Balaban J connectivity index is 2.79. The van der Waals surface area contributed by atoms with Gasteiger partial charge in [0.2, 0.25) is 0 Å². The molecule has 2 amide bonds. The van der Waals surface area contributed by atoms with Gasteiger partial charge < -0.3 is 16.4 Å². The van der Waals surface area contributed by atoms with Gasteiger partial charge in [0, 0.05) is 17.8 Å². The molecule has 5 nitrogen and oxygen atoms in total. The molecule has 0 atom stereocenters. The molecule has 5 N–H and O–H groups in total. The molecule has 1 aromatic rings. The van der Waals surface area contributed by atoms with Crippen LogP contribution in [-0.2, 0) is 0 Å². The van der Waals surface area contributed by atoms with Crippen molar-refractivity contribution in [3.8, 4) is 0 Å². The van der Waals surface area contributed by atoms with Crippen molar-refractivity contribution in [3.63, 3.8) is 0 Å². The van der Waals surface area contributed by atoms with Crippen LogP contribution in [0.3, 0.4) is 0 Å². The summed E-state index contributed by atoms with van der Waals surface area (Å²) >= 11 is 0. The maximum absolute atomic E-state index is 11.5. The molecule has 0 heterocycles. The number of amides is 2. The van der Waals surface area contributed by atoms with E-state index in [1.54, 1.807) is 12.1 Å². The minimum absolute atomic E-state index is 0.0120. The molecule has 0 aliphatic rings. The van der Waals surface area contributed by atoms with E-state index in [9.17, 15) is 4.79 Å². The molecular weight excluding hydrogens is 216 g/mol. The molecule has 17 heavy (non-hydrogen) atoms. The van der Waals surface area contributed by atoms with Crippen molar-refractivity contribution in [1.29, 1.82) is 5.41 Å². The van der Waals surface area contributed by atoms with Crippen LogP contribution >= 0.6 is 0 Å². The Bertz CT molecular complexity index is 429. The average Bonchev–Trinajstić information content (AvgIpc) is 2.29. The largest absolute Gasteiger partial charge is 0.384 e. The minimum atomic E-state index is -0.240. The third kappa shape index (κ3) is 3.79. The highest BCUT2D eigenvalue weighted by Gasteiger charge is 2.05. The number of nitrogen functional groups attached to an aromatic ring is 1. The first-order valence-electron chi connectivity index (χ1n) is 5.54. The zero-order valence-electron chi connectivity index (χ0n) is 10.1. The number of rotatable bonds is 4. The molecule has 0 aliphatic carbocycles. The number of amidine groups is 1. The third-order valence-electron chi connectivity index (χ3n) is 2.33. The average molecular weight is 234 g/mol. The van der Waals surface area contributed by atoms with Crippen molar-refractivity contribution in [2.75, 3.05) is 11.9 Å². The Morgan fingerprint density at radius 1 is 1.47 bits per heavy atom. The molecule has 0 saturated heterocycles. The van der Waals surface area contributed by atoms with Gasteiger partial charge in [-0.1, -0.05) is 19.1 Å². The van der Waals surface area contributed by atoms with Gasteiger partial charge >= 0.3 is 6.03 Å². The van der Waals surface area contributed by atoms with Crippen LogP contribution in [0.15, 0.2) is 18.2 Å². The Morgan fingerprint density at radius 2 is 2.18 bits per heavy atom. The first-order chi connectivity index (χ1) is 8.04. The highest BCUT2D eigenvalue weighted by atomic mass is 16.2. The number of nitrogens with one attached hydrogen (secondary N) is 3. The van der Waals surface area contributed by atoms with Crippen LogP contribution in [-0.4, -0.2) is 18.4 Å². The third-order valence-corrected chi connectivity index (χ3v) is 2.33. The summed E-state index contributed by atoms with van der Waals surface area (Å²) in [6.07, 6.45) is 0.889. The number of urea groups is 1. The zero-order valence-corrected chi connectivity index (χ0v) is 10.1. The second-order valence-corrected chi connectivity index (χ2v) is 3.82. The molecule has 0 spiro atoms. The van der Waals surface area contributed by atoms with Crippen molar-refractivity contribution >= 4 is 17.6 Å². The molecule has 92 valence electrons. The number of nitrogens with two attached hydrogens (primary N) is 1. The van der Waals surface area contributed by atoms with Crippen molar-refractivity contribution in [2.45, 2.75) is 20.3 Å². The van der Waals surface area contributed by atoms with Gasteiger partial charge in [0.15, 0.2) is 0 Å². The molecule has 1 rings (SSSR count). The lowest BCUT2D eigenvalue weighted by Crippen LogP contribution is -2.29. The normalized spacial score (nSPS) is 9.76. The van der Waals surface area contributed by atoms with Crippen molar-refractivity contribution in [3.05, 3.63) is 29.3 Å². The predicted octanol–water partition coefficient (Wildman–Crippen LogP) is 1.81. The number of aryl methyl sites for hydroxylation is 1. The number of carbonyl (C=O) groups is 1. The fourth-order valence-corrected chi connectivity index (χ4v) is 1.33. The Kier molecular flexibility index (Phi) is 4.51. The highest BCUT2D eigenvalue weighted by Crippen LogP contribution is 2.16. The van der Waals surface area contributed by atoms with Gasteiger partial charge in [-0.25, -0.2) is 4.79 Å². The molecule has 5 heteroatoms. The van der Waals surface area contributed by atoms with Crippen molar-refractivity contribution in [1.82, 2.24) is 5.32 Å². The van der Waals surface area contributed by atoms with Gasteiger partial charge in [-0.3, -0.25) is 5.41 Å². The molecule has 0 radical (unpaired) electrons. The minimum Gasteiger partial charge on any atom is -0.384 e. The maximum Gasteiger partial charge on any atom is 0.319 e. The molecule has 0 bridgehead atoms. The van der Waals surface area contributed by atoms with Crippen LogP contribution in [0.1, 0.15) is 24.5 Å². The predicted molar refractivity (Wildman–Crippen MR) is 69.5 cm³/mol. The summed E-state index contributed by atoms with van der Waals surface area (Å²) < 4.78 is 0. The van der Waals surface area contributed by atoms with E-state index in [4.69, 9.17) is 11.1 Å². The molecular formula is C12H18N4O. The van der Waals surface area contributed by atoms with Crippen LogP contribution in [0.2, 0.25) is 0 Å². The number of carbonyl (C=O) groups excluding carboxylic acids is 1. The fourth-order valence-electron chi connectivity index (χ4n) is 1.33.